The number of sulfone groups is 1. The molecule has 0 radical (unpaired) electrons. The molecule has 0 atom stereocenters. The average molecular weight is 965 g/mol. The average Bonchev–Trinajstić information content (AvgIpc) is 3.18. The molecule has 2 aliphatic rings. The zero-order chi connectivity index (χ0) is 41.7. The fourth-order valence-electron chi connectivity index (χ4n) is 5.85. The summed E-state index contributed by atoms with van der Waals surface area (Å²) >= 11 is 14.3. The molecule has 2 aliphatic heterocycles. The molecular weight excluding hydrogens is 911 g/mol. The summed E-state index contributed by atoms with van der Waals surface area (Å²) < 4.78 is 62.9. The van der Waals surface area contributed by atoms with Gasteiger partial charge in [-0.2, -0.15) is 8.42 Å². The number of nitrogens with zero attached hydrogens (tertiary/aromatic N) is 1. The van der Waals surface area contributed by atoms with E-state index in [0.717, 1.165) is 92.6 Å². The first-order valence-electron chi connectivity index (χ1n) is 18.6. The van der Waals surface area contributed by atoms with Gasteiger partial charge in [-0.15, -0.1) is 12.4 Å². The zero-order valence-corrected chi connectivity index (χ0v) is 38.8. The van der Waals surface area contributed by atoms with Crippen LogP contribution in [0.25, 0.3) is 0 Å². The molecule has 0 unspecified atom stereocenters. The van der Waals surface area contributed by atoms with E-state index in [1.54, 1.807) is 24.3 Å². The number of nitrogens with one attached hydrogen (secondary N) is 1. The van der Waals surface area contributed by atoms with Gasteiger partial charge in [0.2, 0.25) is 0 Å². The van der Waals surface area contributed by atoms with Crippen LogP contribution in [0, 0.1) is 6.92 Å². The number of likely N-dealkylation sites (tertiary alicyclic amines) is 1. The Morgan fingerprint density at radius 1 is 0.690 bits per heavy atom. The van der Waals surface area contributed by atoms with Crippen LogP contribution in [0.2, 0.25) is 10.0 Å². The van der Waals surface area contributed by atoms with E-state index in [4.69, 9.17) is 50.6 Å². The summed E-state index contributed by atoms with van der Waals surface area (Å²) in [6.45, 7) is 12.4. The normalized spacial score (nSPS) is 15.5. The third-order valence-electron chi connectivity index (χ3n) is 9.23. The molecule has 0 spiro atoms. The molecule has 10 nitrogen and oxygen atoms in total. The van der Waals surface area contributed by atoms with Crippen LogP contribution in [0.5, 0.6) is 23.0 Å². The minimum atomic E-state index is -3.18. The van der Waals surface area contributed by atoms with Gasteiger partial charge in [0.1, 0.15) is 40.8 Å². The highest BCUT2D eigenvalue weighted by molar-refractivity contribution is 9.09. The van der Waals surface area contributed by atoms with E-state index in [1.807, 2.05) is 72.8 Å². The second-order valence-electron chi connectivity index (χ2n) is 14.1. The van der Waals surface area contributed by atoms with Gasteiger partial charge in [-0.25, -0.2) is 8.42 Å². The number of rotatable bonds is 12. The molecule has 4 aromatic carbocycles. The second kappa shape index (κ2) is 26.4. The summed E-state index contributed by atoms with van der Waals surface area (Å²) in [5, 5.41) is 5.66. The van der Waals surface area contributed by atoms with Crippen molar-refractivity contribution in [2.24, 2.45) is 0 Å². The molecule has 2 saturated heterocycles. The monoisotopic (exact) mass is 962 g/mol. The first-order chi connectivity index (χ1) is 27.2. The van der Waals surface area contributed by atoms with E-state index in [9.17, 15) is 8.42 Å². The number of ether oxygens (including phenoxy) is 4. The SMILES string of the molecule is CC1(Oc2ccc(Cl)cc2)CCN(CCOc2ccc(S(C)(=O)=O)cc2)CC1.CC1(Oc2ccc(Cl)cc2)CCNCC1.Cc1ccc(OCCBr)cc1.Cl.O=S=O. The topological polar surface area (TPSA) is 120 Å². The first-order valence-corrected chi connectivity index (χ1v) is 23.0. The Morgan fingerprint density at radius 3 is 1.52 bits per heavy atom. The van der Waals surface area contributed by atoms with E-state index < -0.39 is 21.4 Å². The van der Waals surface area contributed by atoms with Crippen LogP contribution in [0.4, 0.5) is 0 Å². The Labute approximate surface area is 372 Å². The summed E-state index contributed by atoms with van der Waals surface area (Å²) in [6, 6.07) is 29.7. The summed E-state index contributed by atoms with van der Waals surface area (Å²) in [4.78, 5) is 2.66. The Balaban J connectivity index is 0.000000323. The minimum Gasteiger partial charge on any atom is -0.493 e. The van der Waals surface area contributed by atoms with Crippen LogP contribution in [0.15, 0.2) is 102 Å². The maximum absolute atomic E-state index is 11.5. The third kappa shape index (κ3) is 19.9. The van der Waals surface area contributed by atoms with Crippen LogP contribution in [-0.2, 0) is 21.4 Å². The molecule has 58 heavy (non-hydrogen) atoms. The molecular formula is C42H54BrCl3N2O8S2. The second-order valence-corrected chi connectivity index (χ2v) is 17.9. The first kappa shape index (κ1) is 51.3. The lowest BCUT2D eigenvalue weighted by Crippen LogP contribution is -2.47. The maximum atomic E-state index is 11.5. The van der Waals surface area contributed by atoms with Crippen molar-refractivity contribution in [3.8, 4) is 23.0 Å². The summed E-state index contributed by atoms with van der Waals surface area (Å²) in [6.07, 6.45) is 5.19. The maximum Gasteiger partial charge on any atom is 0.335 e. The highest BCUT2D eigenvalue weighted by Crippen LogP contribution is 2.30. The van der Waals surface area contributed by atoms with Crippen molar-refractivity contribution in [2.45, 2.75) is 62.6 Å². The Bertz CT molecular complexity index is 1890. The van der Waals surface area contributed by atoms with Gasteiger partial charge in [0, 0.05) is 41.3 Å². The van der Waals surface area contributed by atoms with Crippen LogP contribution < -0.4 is 24.3 Å². The molecule has 0 amide bonds. The summed E-state index contributed by atoms with van der Waals surface area (Å²) in [7, 11) is -3.18. The molecule has 4 aromatic rings. The largest absolute Gasteiger partial charge is 0.493 e. The van der Waals surface area contributed by atoms with Gasteiger partial charge in [0.25, 0.3) is 0 Å². The zero-order valence-electron chi connectivity index (χ0n) is 33.3. The smallest absolute Gasteiger partial charge is 0.335 e. The van der Waals surface area contributed by atoms with Gasteiger partial charge in [-0.1, -0.05) is 56.8 Å². The number of hydrogen-bond donors (Lipinski definition) is 1. The van der Waals surface area contributed by atoms with Gasteiger partial charge in [0.15, 0.2) is 9.84 Å². The molecule has 2 fully saturated rings. The minimum absolute atomic E-state index is 0. The standard InChI is InChI=1S/C21H26ClNO4S.C12H16ClNO.C9H11BrO.ClH.O2S/c1-21(27-19-5-3-17(22)4-6-19)11-13-23(14-12-21)15-16-26-18-7-9-20(10-8-18)28(2,24)25;1-12(6-8-14-9-7-12)15-11-4-2-10(13)3-5-11;1-8-2-4-9(5-3-8)11-7-6-10;;1-3-2/h3-10H,11-16H2,1-2H3;2-5,14H,6-9H2,1H3;2-5H,6-7H2,1H3;1H;. The van der Waals surface area contributed by atoms with Crippen molar-refractivity contribution in [3.05, 3.63) is 113 Å². The van der Waals surface area contributed by atoms with Crippen molar-refractivity contribution >= 4 is 72.9 Å². The fourth-order valence-corrected chi connectivity index (χ4v) is 6.89. The summed E-state index contributed by atoms with van der Waals surface area (Å²) in [5.74, 6) is 3.38. The predicted octanol–water partition coefficient (Wildman–Crippen LogP) is 9.44. The van der Waals surface area contributed by atoms with E-state index in [1.165, 1.54) is 11.8 Å². The number of benzene rings is 4. The quantitative estimate of drug-likeness (QED) is 0.138. The number of aryl methyl sites for hydroxylation is 1. The van der Waals surface area contributed by atoms with Crippen molar-refractivity contribution in [1.29, 1.82) is 0 Å². The summed E-state index contributed by atoms with van der Waals surface area (Å²) in [5.41, 5.74) is 1.06. The molecule has 320 valence electrons. The molecule has 0 aliphatic carbocycles. The Kier molecular flexibility index (Phi) is 23.3. The van der Waals surface area contributed by atoms with Crippen molar-refractivity contribution < 1.29 is 35.8 Å². The van der Waals surface area contributed by atoms with E-state index in [2.05, 4.69) is 46.9 Å². The van der Waals surface area contributed by atoms with E-state index >= 15 is 0 Å². The number of hydrogen-bond acceptors (Lipinski definition) is 10. The number of halogens is 4. The van der Waals surface area contributed by atoms with Crippen LogP contribution >= 0.6 is 51.5 Å². The molecule has 0 aromatic heterocycles. The highest BCUT2D eigenvalue weighted by Gasteiger charge is 2.32. The van der Waals surface area contributed by atoms with Crippen molar-refractivity contribution in [1.82, 2.24) is 10.2 Å². The lowest BCUT2D eigenvalue weighted by Gasteiger charge is -2.39. The Morgan fingerprint density at radius 2 is 1.09 bits per heavy atom. The fraction of sp³-hybridized carbons (Fsp3) is 0.429. The molecule has 1 N–H and O–H groups in total. The van der Waals surface area contributed by atoms with E-state index in [0.29, 0.717) is 22.3 Å². The van der Waals surface area contributed by atoms with Gasteiger partial charge in [-0.3, -0.25) is 4.90 Å². The van der Waals surface area contributed by atoms with Gasteiger partial charge in [-0.05, 0) is 144 Å². The molecule has 0 bridgehead atoms. The van der Waals surface area contributed by atoms with Gasteiger partial charge < -0.3 is 24.3 Å². The van der Waals surface area contributed by atoms with Crippen LogP contribution in [-0.4, -0.2) is 90.5 Å². The van der Waals surface area contributed by atoms with E-state index in [-0.39, 0.29) is 23.6 Å². The number of alkyl halides is 1. The number of piperidine rings is 2. The van der Waals surface area contributed by atoms with Crippen LogP contribution in [0.3, 0.4) is 0 Å². The third-order valence-corrected chi connectivity index (χ3v) is 11.2. The van der Waals surface area contributed by atoms with Gasteiger partial charge in [0.05, 0.1) is 11.5 Å². The molecule has 0 saturated carbocycles. The Hall–Kier alpha value is -2.88. The lowest BCUT2D eigenvalue weighted by molar-refractivity contribution is 0.0135. The van der Waals surface area contributed by atoms with Crippen molar-refractivity contribution in [3.63, 3.8) is 0 Å². The lowest BCUT2D eigenvalue weighted by atomic mass is 9.93. The van der Waals surface area contributed by atoms with Crippen molar-refractivity contribution in [2.75, 3.05) is 57.5 Å². The molecule has 6 rings (SSSR count). The molecule has 16 heteroatoms. The highest BCUT2D eigenvalue weighted by atomic mass is 79.9. The molecule has 2 heterocycles. The van der Waals surface area contributed by atoms with Crippen LogP contribution in [0.1, 0.15) is 45.1 Å². The van der Waals surface area contributed by atoms with Gasteiger partial charge >= 0.3 is 11.6 Å². The predicted molar refractivity (Wildman–Crippen MR) is 240 cm³/mol.